The first-order valence-corrected chi connectivity index (χ1v) is 10.0. The number of carbonyl (C=O) groups is 2. The molecular formula is C19H22N2O7S. The fourth-order valence-electron chi connectivity index (χ4n) is 2.36. The number of nitrogens with two attached hydrogens (primary N) is 1. The zero-order valence-electron chi connectivity index (χ0n) is 16.1. The number of benzene rings is 1. The molecule has 1 aromatic heterocycles. The largest absolute Gasteiger partial charge is 0.477 e. The minimum absolute atomic E-state index is 0.0515. The van der Waals surface area contributed by atoms with Crippen molar-refractivity contribution in [2.24, 2.45) is 5.14 Å². The number of carboxylic acid groups (broad SMARTS) is 1. The zero-order valence-corrected chi connectivity index (χ0v) is 16.9. The molecule has 156 valence electrons. The second-order valence-corrected chi connectivity index (χ2v) is 8.72. The Bertz CT molecular complexity index is 1030. The molecule has 1 amide bonds. The highest BCUT2D eigenvalue weighted by Crippen LogP contribution is 2.32. The summed E-state index contributed by atoms with van der Waals surface area (Å²) in [6, 6.07) is 9.94. The Morgan fingerprint density at radius 2 is 1.86 bits per heavy atom. The van der Waals surface area contributed by atoms with Crippen LogP contribution >= 0.6 is 0 Å². The number of amides is 1. The van der Waals surface area contributed by atoms with Gasteiger partial charge < -0.3 is 14.3 Å². The van der Waals surface area contributed by atoms with Gasteiger partial charge in [-0.2, -0.15) is 0 Å². The average molecular weight is 422 g/mol. The standard InChI is InChI=1S/C19H22N2O7S/c1-19(2,3)16-15(29(20,25)26)10-13(28-16)9-14(17(22)23)21-18(24)27-11-12-7-5-4-6-8-12/h4-10H,11H2,1-3H3,(H,21,24)(H,22,23)(H2,20,25,26). The normalized spacial score (nSPS) is 12.5. The quantitative estimate of drug-likeness (QED) is 0.606. The van der Waals surface area contributed by atoms with Crippen LogP contribution in [0.25, 0.3) is 6.08 Å². The van der Waals surface area contributed by atoms with Crippen molar-refractivity contribution in [3.63, 3.8) is 0 Å². The number of ether oxygens (including phenoxy) is 1. The fraction of sp³-hybridized carbons (Fsp3) is 0.263. The molecule has 0 fully saturated rings. The summed E-state index contributed by atoms with van der Waals surface area (Å²) in [7, 11) is -4.10. The summed E-state index contributed by atoms with van der Waals surface area (Å²) in [6.07, 6.45) is -0.00693. The van der Waals surface area contributed by atoms with E-state index in [0.717, 1.165) is 17.7 Å². The third-order valence-corrected chi connectivity index (χ3v) is 4.59. The maximum absolute atomic E-state index is 11.9. The van der Waals surface area contributed by atoms with Crippen LogP contribution in [0.4, 0.5) is 4.79 Å². The lowest BCUT2D eigenvalue weighted by atomic mass is 9.93. The summed E-state index contributed by atoms with van der Waals surface area (Å²) in [5, 5.41) is 16.7. The Labute approximate surface area is 168 Å². The molecule has 29 heavy (non-hydrogen) atoms. The van der Waals surface area contributed by atoms with Gasteiger partial charge in [-0.3, -0.25) is 5.32 Å². The number of primary sulfonamides is 1. The molecule has 0 bridgehead atoms. The highest BCUT2D eigenvalue weighted by Gasteiger charge is 2.29. The monoisotopic (exact) mass is 422 g/mol. The number of nitrogens with one attached hydrogen (secondary N) is 1. The number of carbonyl (C=O) groups excluding carboxylic acids is 1. The van der Waals surface area contributed by atoms with Gasteiger partial charge in [0.1, 0.15) is 28.7 Å². The molecule has 1 heterocycles. The third-order valence-electron chi connectivity index (χ3n) is 3.67. The molecule has 0 saturated carbocycles. The predicted octanol–water partition coefficient (Wildman–Crippen LogP) is 2.58. The van der Waals surface area contributed by atoms with Gasteiger partial charge in [0.15, 0.2) is 0 Å². The van der Waals surface area contributed by atoms with E-state index in [1.165, 1.54) is 0 Å². The number of aliphatic carboxylic acids is 1. The first kappa shape index (κ1) is 22.2. The Morgan fingerprint density at radius 3 is 2.34 bits per heavy atom. The van der Waals surface area contributed by atoms with E-state index < -0.39 is 33.2 Å². The minimum Gasteiger partial charge on any atom is -0.477 e. The summed E-state index contributed by atoms with van der Waals surface area (Å²) in [4.78, 5) is 23.1. The van der Waals surface area contributed by atoms with Crippen LogP contribution in [0.3, 0.4) is 0 Å². The van der Waals surface area contributed by atoms with Gasteiger partial charge in [0.2, 0.25) is 10.0 Å². The van der Waals surface area contributed by atoms with Crippen molar-refractivity contribution in [1.29, 1.82) is 0 Å². The van der Waals surface area contributed by atoms with Gasteiger partial charge in [-0.15, -0.1) is 0 Å². The molecule has 2 rings (SSSR count). The van der Waals surface area contributed by atoms with Crippen LogP contribution in [0.1, 0.15) is 37.9 Å². The van der Waals surface area contributed by atoms with Crippen LogP contribution in [0, 0.1) is 0 Å². The molecule has 2 aromatic rings. The summed E-state index contributed by atoms with van der Waals surface area (Å²) in [5.41, 5.74) is -0.542. The van der Waals surface area contributed by atoms with Crippen molar-refractivity contribution in [3.8, 4) is 0 Å². The zero-order chi connectivity index (χ0) is 21.8. The molecule has 0 saturated heterocycles. The van der Waals surface area contributed by atoms with E-state index in [0.29, 0.717) is 0 Å². The topological polar surface area (TPSA) is 149 Å². The van der Waals surface area contributed by atoms with Crippen molar-refractivity contribution >= 4 is 28.2 Å². The van der Waals surface area contributed by atoms with Crippen LogP contribution < -0.4 is 10.5 Å². The molecule has 0 radical (unpaired) electrons. The van der Waals surface area contributed by atoms with Crippen LogP contribution in [0.15, 0.2) is 51.4 Å². The SMILES string of the molecule is CC(C)(C)c1oc(C=C(NC(=O)OCc2ccccc2)C(=O)O)cc1S(N)(=O)=O. The molecule has 10 heteroatoms. The molecule has 0 atom stereocenters. The molecule has 1 aromatic carbocycles. The van der Waals surface area contributed by atoms with Crippen molar-refractivity contribution in [1.82, 2.24) is 5.32 Å². The van der Waals surface area contributed by atoms with Gasteiger partial charge in [0.05, 0.1) is 0 Å². The number of sulfonamides is 1. The van der Waals surface area contributed by atoms with Crippen molar-refractivity contribution in [2.75, 3.05) is 0 Å². The summed E-state index contributed by atoms with van der Waals surface area (Å²) < 4.78 is 34.1. The maximum Gasteiger partial charge on any atom is 0.412 e. The molecule has 4 N–H and O–H groups in total. The highest BCUT2D eigenvalue weighted by molar-refractivity contribution is 7.89. The average Bonchev–Trinajstić information content (AvgIpc) is 3.05. The molecule has 0 aliphatic rings. The first-order valence-electron chi connectivity index (χ1n) is 8.47. The number of carboxylic acids is 1. The lowest BCUT2D eigenvalue weighted by Gasteiger charge is -2.16. The molecule has 0 aliphatic carbocycles. The fourth-order valence-corrected chi connectivity index (χ4v) is 3.25. The smallest absolute Gasteiger partial charge is 0.412 e. The number of hydrogen-bond acceptors (Lipinski definition) is 6. The lowest BCUT2D eigenvalue weighted by molar-refractivity contribution is -0.132. The van der Waals surface area contributed by atoms with Crippen LogP contribution in [0.5, 0.6) is 0 Å². The van der Waals surface area contributed by atoms with Gasteiger partial charge in [0, 0.05) is 17.6 Å². The Hall–Kier alpha value is -3.11. The van der Waals surface area contributed by atoms with Crippen LogP contribution in [0.2, 0.25) is 0 Å². The van der Waals surface area contributed by atoms with Crippen LogP contribution in [-0.4, -0.2) is 25.6 Å². The van der Waals surface area contributed by atoms with Crippen molar-refractivity contribution in [2.45, 2.75) is 37.7 Å². The van der Waals surface area contributed by atoms with Gasteiger partial charge in [-0.05, 0) is 5.56 Å². The Kier molecular flexibility index (Phi) is 6.50. The van der Waals surface area contributed by atoms with E-state index in [1.807, 2.05) is 0 Å². The van der Waals surface area contributed by atoms with E-state index in [4.69, 9.17) is 14.3 Å². The van der Waals surface area contributed by atoms with Crippen LogP contribution in [-0.2, 0) is 31.6 Å². The molecule has 0 spiro atoms. The van der Waals surface area contributed by atoms with Crippen molar-refractivity contribution < 1.29 is 32.3 Å². The molecule has 0 unspecified atom stereocenters. The summed E-state index contributed by atoms with van der Waals surface area (Å²) in [5.74, 6) is -1.49. The Morgan fingerprint density at radius 1 is 1.24 bits per heavy atom. The first-order chi connectivity index (χ1) is 13.4. The lowest BCUT2D eigenvalue weighted by Crippen LogP contribution is -2.27. The van der Waals surface area contributed by atoms with Crippen molar-refractivity contribution in [3.05, 3.63) is 59.2 Å². The number of furan rings is 1. The summed E-state index contributed by atoms with van der Waals surface area (Å²) in [6.45, 7) is 5.09. The van der Waals surface area contributed by atoms with E-state index >= 15 is 0 Å². The second kappa shape index (κ2) is 8.50. The van der Waals surface area contributed by atoms with E-state index in [2.05, 4.69) is 5.32 Å². The van der Waals surface area contributed by atoms with Gasteiger partial charge in [-0.25, -0.2) is 23.1 Å². The molecular weight excluding hydrogens is 400 g/mol. The van der Waals surface area contributed by atoms with Gasteiger partial charge >= 0.3 is 12.1 Å². The summed E-state index contributed by atoms with van der Waals surface area (Å²) >= 11 is 0. The number of rotatable bonds is 6. The third kappa shape index (κ3) is 6.19. The van der Waals surface area contributed by atoms with Gasteiger partial charge in [0.25, 0.3) is 0 Å². The highest BCUT2D eigenvalue weighted by atomic mass is 32.2. The molecule has 9 nitrogen and oxygen atoms in total. The predicted molar refractivity (Wildman–Crippen MR) is 104 cm³/mol. The second-order valence-electron chi connectivity index (χ2n) is 7.19. The number of alkyl carbamates (subject to hydrolysis) is 1. The molecule has 0 aliphatic heterocycles. The minimum atomic E-state index is -4.10. The van der Waals surface area contributed by atoms with Gasteiger partial charge in [-0.1, -0.05) is 51.1 Å². The maximum atomic E-state index is 11.9. The van der Waals surface area contributed by atoms with E-state index in [-0.39, 0.29) is 23.0 Å². The Balaban J connectivity index is 2.25. The van der Waals surface area contributed by atoms with E-state index in [9.17, 15) is 23.1 Å². The number of hydrogen-bond donors (Lipinski definition) is 3. The van der Waals surface area contributed by atoms with E-state index in [1.54, 1.807) is 51.1 Å².